The normalized spacial score (nSPS) is 14.7. The van der Waals surface area contributed by atoms with Crippen molar-refractivity contribution in [2.45, 2.75) is 80.6 Å². The molecular weight excluding hydrogens is 474 g/mol. The lowest BCUT2D eigenvalue weighted by Crippen LogP contribution is -2.35. The Hall–Kier alpha value is -3.39. The predicted molar refractivity (Wildman–Crippen MR) is 166 cm³/mol. The average molecular weight is 516 g/mol. The van der Waals surface area contributed by atoms with Gasteiger partial charge >= 0.3 is 0 Å². The third-order valence-corrected chi connectivity index (χ3v) is 8.54. The number of aryl methyl sites for hydroxylation is 3. The highest BCUT2D eigenvalue weighted by molar-refractivity contribution is 6.14. The van der Waals surface area contributed by atoms with Gasteiger partial charge in [-0.15, -0.1) is 0 Å². The van der Waals surface area contributed by atoms with E-state index >= 15 is 0 Å². The summed E-state index contributed by atoms with van der Waals surface area (Å²) >= 11 is 0. The van der Waals surface area contributed by atoms with Gasteiger partial charge < -0.3 is 4.42 Å². The minimum atomic E-state index is -0.0655. The van der Waals surface area contributed by atoms with Crippen LogP contribution in [0.3, 0.4) is 0 Å². The van der Waals surface area contributed by atoms with Crippen molar-refractivity contribution in [2.24, 2.45) is 10.8 Å². The minimum Gasteiger partial charge on any atom is -0.455 e. The van der Waals surface area contributed by atoms with Crippen LogP contribution in [0.5, 0.6) is 0 Å². The summed E-state index contributed by atoms with van der Waals surface area (Å²) in [5.41, 5.74) is 13.4. The Bertz CT molecular complexity index is 1740. The molecule has 0 fully saturated rings. The third-order valence-electron chi connectivity index (χ3n) is 8.54. The van der Waals surface area contributed by atoms with Crippen molar-refractivity contribution < 1.29 is 4.42 Å². The molecule has 2 heteroatoms. The van der Waals surface area contributed by atoms with E-state index in [0.29, 0.717) is 0 Å². The first-order valence-electron chi connectivity index (χ1n) is 14.3. The summed E-state index contributed by atoms with van der Waals surface area (Å²) in [7, 11) is 0. The molecule has 2 nitrogen and oxygen atoms in total. The third kappa shape index (κ3) is 4.11. The molecule has 5 aromatic rings. The highest BCUT2D eigenvalue weighted by Crippen LogP contribution is 2.60. The van der Waals surface area contributed by atoms with Crippen LogP contribution in [0.25, 0.3) is 44.3 Å². The summed E-state index contributed by atoms with van der Waals surface area (Å²) in [6.07, 6.45) is 4.15. The average Bonchev–Trinajstić information content (AvgIpc) is 3.33. The molecule has 6 rings (SSSR count). The van der Waals surface area contributed by atoms with Crippen LogP contribution in [0.15, 0.2) is 65.2 Å². The smallest absolute Gasteiger partial charge is 0.145 e. The number of aromatic nitrogens is 1. The Morgan fingerprint density at radius 2 is 1.28 bits per heavy atom. The van der Waals surface area contributed by atoms with Gasteiger partial charge in [0.25, 0.3) is 0 Å². The molecule has 0 radical (unpaired) electrons. The first-order chi connectivity index (χ1) is 18.3. The van der Waals surface area contributed by atoms with E-state index < -0.39 is 0 Å². The molecule has 0 saturated heterocycles. The molecule has 2 heterocycles. The van der Waals surface area contributed by atoms with Crippen molar-refractivity contribution in [1.82, 2.24) is 4.98 Å². The van der Waals surface area contributed by atoms with E-state index in [1.165, 1.54) is 44.3 Å². The van der Waals surface area contributed by atoms with Gasteiger partial charge in [0.1, 0.15) is 11.2 Å². The van der Waals surface area contributed by atoms with E-state index in [9.17, 15) is 0 Å². The number of hydrogen-bond acceptors (Lipinski definition) is 2. The van der Waals surface area contributed by atoms with Crippen LogP contribution in [0.1, 0.15) is 82.2 Å². The van der Waals surface area contributed by atoms with Crippen molar-refractivity contribution >= 4 is 21.9 Å². The number of furan rings is 1. The van der Waals surface area contributed by atoms with Crippen molar-refractivity contribution in [2.75, 3.05) is 0 Å². The van der Waals surface area contributed by atoms with Crippen LogP contribution >= 0.6 is 0 Å². The molecule has 0 unspecified atom stereocenters. The molecule has 2 aromatic heterocycles. The van der Waals surface area contributed by atoms with Gasteiger partial charge in [-0.05, 0) is 83.9 Å². The van der Waals surface area contributed by atoms with Gasteiger partial charge in [-0.3, -0.25) is 4.98 Å². The van der Waals surface area contributed by atoms with Crippen LogP contribution < -0.4 is 0 Å². The second kappa shape index (κ2) is 8.55. The molecule has 1 aliphatic carbocycles. The maximum Gasteiger partial charge on any atom is 0.145 e. The lowest BCUT2D eigenvalue weighted by molar-refractivity contribution is 0.214. The minimum absolute atomic E-state index is 0.0655. The van der Waals surface area contributed by atoms with Gasteiger partial charge in [-0.1, -0.05) is 90.1 Å². The maximum absolute atomic E-state index is 7.00. The molecule has 0 amide bonds. The van der Waals surface area contributed by atoms with Crippen LogP contribution in [-0.2, 0) is 5.41 Å². The van der Waals surface area contributed by atoms with Crippen LogP contribution in [0.4, 0.5) is 0 Å². The van der Waals surface area contributed by atoms with E-state index in [0.717, 1.165) is 40.7 Å². The highest BCUT2D eigenvalue weighted by atomic mass is 16.3. The summed E-state index contributed by atoms with van der Waals surface area (Å²) in [5.74, 6) is 0. The van der Waals surface area contributed by atoms with Crippen LogP contribution in [-0.4, -0.2) is 4.98 Å². The summed E-state index contributed by atoms with van der Waals surface area (Å²) in [6, 6.07) is 20.5. The van der Waals surface area contributed by atoms with Gasteiger partial charge in [0.2, 0.25) is 0 Å². The predicted octanol–water partition coefficient (Wildman–Crippen LogP) is 10.7. The lowest BCUT2D eigenvalue weighted by Gasteiger charge is -2.42. The topological polar surface area (TPSA) is 26.0 Å². The first kappa shape index (κ1) is 25.9. The number of pyridine rings is 1. The Morgan fingerprint density at radius 3 is 1.92 bits per heavy atom. The monoisotopic (exact) mass is 515 g/mol. The molecule has 3 aromatic carbocycles. The number of fused-ring (bicyclic) bond motifs is 7. The van der Waals surface area contributed by atoms with Crippen LogP contribution in [0.2, 0.25) is 0 Å². The van der Waals surface area contributed by atoms with Gasteiger partial charge in [0, 0.05) is 33.5 Å². The number of hydrogen-bond donors (Lipinski definition) is 0. The fourth-order valence-electron chi connectivity index (χ4n) is 7.27. The Morgan fingerprint density at radius 1 is 0.667 bits per heavy atom. The van der Waals surface area contributed by atoms with E-state index in [2.05, 4.69) is 117 Å². The van der Waals surface area contributed by atoms with E-state index in [1.54, 1.807) is 0 Å². The second-order valence-electron chi connectivity index (χ2n) is 14.4. The molecule has 39 heavy (non-hydrogen) atoms. The molecule has 0 aliphatic heterocycles. The quantitative estimate of drug-likeness (QED) is 0.239. The molecule has 0 atom stereocenters. The fraction of sp³-hybridized carbons (Fsp3) is 0.378. The van der Waals surface area contributed by atoms with Gasteiger partial charge in [-0.2, -0.15) is 0 Å². The van der Waals surface area contributed by atoms with Crippen LogP contribution in [0, 0.1) is 31.6 Å². The zero-order valence-corrected chi connectivity index (χ0v) is 25.0. The molecule has 0 saturated carbocycles. The zero-order chi connectivity index (χ0) is 27.9. The zero-order valence-electron chi connectivity index (χ0n) is 25.0. The second-order valence-corrected chi connectivity index (χ2v) is 14.4. The Balaban J connectivity index is 1.71. The highest BCUT2D eigenvalue weighted by Gasteiger charge is 2.48. The van der Waals surface area contributed by atoms with Crippen molar-refractivity contribution in [3.8, 4) is 22.4 Å². The Labute approximate surface area is 233 Å². The SMILES string of the molecule is Cc1cnc(-c2c(C)ccc3c2oc2c4c(ccc23)C(CC(C)(C)C)(CC(C)(C)C)c2ccccc2-4)cc1C. The number of benzene rings is 3. The summed E-state index contributed by atoms with van der Waals surface area (Å²) in [5, 5.41) is 2.35. The molecule has 0 bridgehead atoms. The number of rotatable bonds is 3. The molecule has 0 N–H and O–H groups in total. The van der Waals surface area contributed by atoms with E-state index in [-0.39, 0.29) is 16.2 Å². The summed E-state index contributed by atoms with van der Waals surface area (Å²) < 4.78 is 7.00. The van der Waals surface area contributed by atoms with Crippen molar-refractivity contribution in [1.29, 1.82) is 0 Å². The van der Waals surface area contributed by atoms with Gasteiger partial charge in [0.05, 0.1) is 5.69 Å². The summed E-state index contributed by atoms with van der Waals surface area (Å²) in [4.78, 5) is 4.84. The largest absolute Gasteiger partial charge is 0.455 e. The number of nitrogens with zero attached hydrogens (tertiary/aromatic N) is 1. The van der Waals surface area contributed by atoms with E-state index in [1.807, 2.05) is 6.20 Å². The standard InChI is InChI=1S/C37H41NO/c1-22-14-15-25-26-16-17-29-32(34(26)39-33(25)31(22)30-18-23(2)24(3)19-38-30)27-12-10-11-13-28(27)37(29,20-35(4,5)6)21-36(7,8)9/h10-19H,20-21H2,1-9H3. The molecule has 200 valence electrons. The Kier molecular flexibility index (Phi) is 5.67. The molecule has 0 spiro atoms. The van der Waals surface area contributed by atoms with Crippen molar-refractivity contribution in [3.63, 3.8) is 0 Å². The lowest BCUT2D eigenvalue weighted by atomic mass is 9.62. The van der Waals surface area contributed by atoms with E-state index in [4.69, 9.17) is 9.40 Å². The summed E-state index contributed by atoms with van der Waals surface area (Å²) in [6.45, 7) is 20.7. The molecular formula is C37H41NO. The van der Waals surface area contributed by atoms with Crippen molar-refractivity contribution in [3.05, 3.63) is 88.6 Å². The molecule has 1 aliphatic rings. The maximum atomic E-state index is 7.00. The van der Waals surface area contributed by atoms with Gasteiger partial charge in [-0.25, -0.2) is 0 Å². The van der Waals surface area contributed by atoms with Gasteiger partial charge in [0.15, 0.2) is 0 Å². The first-order valence-corrected chi connectivity index (χ1v) is 14.3. The fourth-order valence-corrected chi connectivity index (χ4v) is 7.27.